The highest BCUT2D eigenvalue weighted by Crippen LogP contribution is 2.20. The van der Waals surface area contributed by atoms with Gasteiger partial charge >= 0.3 is 5.97 Å². The van der Waals surface area contributed by atoms with Gasteiger partial charge < -0.3 is 5.11 Å². The van der Waals surface area contributed by atoms with Crippen LogP contribution in [0.3, 0.4) is 0 Å². The zero-order chi connectivity index (χ0) is 17.7. The second kappa shape index (κ2) is 7.64. The van der Waals surface area contributed by atoms with Crippen LogP contribution < -0.4 is 0 Å². The Kier molecular flexibility index (Phi) is 5.80. The number of hydrogen-bond donors (Lipinski definition) is 1. The van der Waals surface area contributed by atoms with Crippen molar-refractivity contribution in [2.75, 3.05) is 0 Å². The lowest BCUT2D eigenvalue weighted by atomic mass is 10.2. The molecule has 0 saturated carbocycles. The topological polar surface area (TPSA) is 71.4 Å². The van der Waals surface area contributed by atoms with Gasteiger partial charge in [0.15, 0.2) is 15.1 Å². The smallest absolute Gasteiger partial charge is 0.322 e. The van der Waals surface area contributed by atoms with Crippen molar-refractivity contribution in [3.8, 4) is 0 Å². The van der Waals surface area contributed by atoms with E-state index in [1.54, 1.807) is 48.6 Å². The molecule has 2 rings (SSSR count). The Morgan fingerprint density at radius 2 is 1.71 bits per heavy atom. The predicted molar refractivity (Wildman–Crippen MR) is 94.9 cm³/mol. The second-order valence-corrected chi connectivity index (χ2v) is 7.94. The highest BCUT2D eigenvalue weighted by atomic mass is 35.5. The molecule has 0 fully saturated rings. The van der Waals surface area contributed by atoms with Gasteiger partial charge in [-0.2, -0.15) is 0 Å². The Labute approximate surface area is 146 Å². The van der Waals surface area contributed by atoms with Crippen LogP contribution in [0.25, 0.3) is 6.08 Å². The van der Waals surface area contributed by atoms with E-state index in [1.807, 2.05) is 6.92 Å². The maximum absolute atomic E-state index is 12.5. The fraction of sp³-hybridized carbons (Fsp3) is 0.167. The van der Waals surface area contributed by atoms with E-state index in [2.05, 4.69) is 0 Å². The molecule has 1 N–H and O–H groups in total. The molecule has 0 spiro atoms. The summed E-state index contributed by atoms with van der Waals surface area (Å²) in [5, 5.41) is 8.40. The summed E-state index contributed by atoms with van der Waals surface area (Å²) in [7, 11) is -3.95. The molecule has 0 amide bonds. The van der Waals surface area contributed by atoms with Crippen molar-refractivity contribution in [3.05, 3.63) is 70.8 Å². The van der Waals surface area contributed by atoms with Crippen molar-refractivity contribution in [2.45, 2.75) is 23.5 Å². The van der Waals surface area contributed by atoms with Crippen molar-refractivity contribution in [1.29, 1.82) is 0 Å². The second-order valence-electron chi connectivity index (χ2n) is 5.37. The van der Waals surface area contributed by atoms with Crippen LogP contribution in [0.4, 0.5) is 0 Å². The summed E-state index contributed by atoms with van der Waals surface area (Å²) < 4.78 is 25.1. The zero-order valence-electron chi connectivity index (χ0n) is 13.0. The van der Waals surface area contributed by atoms with Gasteiger partial charge in [0.05, 0.1) is 4.90 Å². The molecule has 4 nitrogen and oxygen atoms in total. The monoisotopic (exact) mass is 364 g/mol. The van der Waals surface area contributed by atoms with Crippen LogP contribution in [0.15, 0.2) is 59.5 Å². The third kappa shape index (κ3) is 4.46. The van der Waals surface area contributed by atoms with Crippen LogP contribution in [0, 0.1) is 6.92 Å². The molecule has 1 unspecified atom stereocenters. The van der Waals surface area contributed by atoms with Crippen molar-refractivity contribution < 1.29 is 18.3 Å². The minimum absolute atomic E-state index is 0.0143. The van der Waals surface area contributed by atoms with E-state index in [0.29, 0.717) is 5.02 Å². The number of allylic oxidation sites excluding steroid dienone is 1. The number of aryl methyl sites for hydroxylation is 1. The lowest BCUT2D eigenvalue weighted by molar-refractivity contribution is -0.136. The van der Waals surface area contributed by atoms with Gasteiger partial charge in [0.25, 0.3) is 0 Å². The molecule has 126 valence electrons. The number of halogens is 1. The first kappa shape index (κ1) is 18.2. The number of rotatable bonds is 6. The molecule has 0 aliphatic carbocycles. The first-order valence-electron chi connectivity index (χ1n) is 7.26. The summed E-state index contributed by atoms with van der Waals surface area (Å²) in [5.74, 6) is -1.36. The molecule has 0 bridgehead atoms. The van der Waals surface area contributed by atoms with Crippen molar-refractivity contribution >= 4 is 33.5 Å². The molecular formula is C18H17ClO4S. The number of aliphatic carboxylic acids is 1. The third-order valence-electron chi connectivity index (χ3n) is 3.53. The van der Waals surface area contributed by atoms with Crippen LogP contribution in [-0.2, 0) is 14.6 Å². The average Bonchev–Trinajstić information content (AvgIpc) is 2.53. The van der Waals surface area contributed by atoms with E-state index >= 15 is 0 Å². The maximum atomic E-state index is 12.5. The molecule has 24 heavy (non-hydrogen) atoms. The predicted octanol–water partition coefficient (Wildman–Crippen LogP) is 3.98. The summed E-state index contributed by atoms with van der Waals surface area (Å²) >= 11 is 5.80. The third-order valence-corrected chi connectivity index (χ3v) is 5.85. The van der Waals surface area contributed by atoms with E-state index in [0.717, 1.165) is 11.1 Å². The summed E-state index contributed by atoms with van der Waals surface area (Å²) in [6.07, 6.45) is 3.11. The van der Waals surface area contributed by atoms with Crippen LogP contribution in [0.1, 0.15) is 17.5 Å². The number of hydrogen-bond acceptors (Lipinski definition) is 3. The van der Waals surface area contributed by atoms with E-state index < -0.39 is 21.1 Å². The summed E-state index contributed by atoms with van der Waals surface area (Å²) in [6.45, 7) is 1.83. The average molecular weight is 365 g/mol. The van der Waals surface area contributed by atoms with Gasteiger partial charge in [-0.25, -0.2) is 8.42 Å². The molecule has 0 aliphatic heterocycles. The molecule has 0 aromatic heterocycles. The van der Waals surface area contributed by atoms with Crippen LogP contribution in [0.5, 0.6) is 0 Å². The van der Waals surface area contributed by atoms with E-state index in [9.17, 15) is 18.3 Å². The first-order valence-corrected chi connectivity index (χ1v) is 9.18. The van der Waals surface area contributed by atoms with Gasteiger partial charge in [-0.1, -0.05) is 53.6 Å². The van der Waals surface area contributed by atoms with E-state index in [4.69, 9.17) is 11.6 Å². The highest BCUT2D eigenvalue weighted by molar-refractivity contribution is 7.92. The number of carboxylic acid groups (broad SMARTS) is 1. The molecule has 0 saturated heterocycles. The van der Waals surface area contributed by atoms with Crippen LogP contribution in [-0.4, -0.2) is 24.7 Å². The Balaban J connectivity index is 2.21. The molecular weight excluding hydrogens is 348 g/mol. The molecule has 0 aliphatic rings. The molecule has 0 radical (unpaired) electrons. The lowest BCUT2D eigenvalue weighted by Crippen LogP contribution is -2.29. The SMILES string of the molecule is Cc1ccc(S(=O)(=O)C(C/C=C/c2ccc(Cl)cc2)C(=O)O)cc1. The fourth-order valence-electron chi connectivity index (χ4n) is 2.15. The van der Waals surface area contributed by atoms with Gasteiger partial charge in [-0.15, -0.1) is 0 Å². The molecule has 2 aromatic rings. The number of carboxylic acids is 1. The minimum Gasteiger partial charge on any atom is -0.480 e. The Bertz CT molecular complexity index is 838. The van der Waals surface area contributed by atoms with Gasteiger partial charge in [0, 0.05) is 5.02 Å². The number of benzene rings is 2. The van der Waals surface area contributed by atoms with Crippen molar-refractivity contribution in [1.82, 2.24) is 0 Å². The maximum Gasteiger partial charge on any atom is 0.322 e. The van der Waals surface area contributed by atoms with Gasteiger partial charge in [0.2, 0.25) is 0 Å². The number of carbonyl (C=O) groups is 1. The largest absolute Gasteiger partial charge is 0.480 e. The Morgan fingerprint density at radius 1 is 1.12 bits per heavy atom. The number of sulfone groups is 1. The Morgan fingerprint density at radius 3 is 2.25 bits per heavy atom. The first-order chi connectivity index (χ1) is 11.3. The highest BCUT2D eigenvalue weighted by Gasteiger charge is 2.32. The normalized spacial score (nSPS) is 13.1. The zero-order valence-corrected chi connectivity index (χ0v) is 14.6. The standard InChI is InChI=1S/C18H17ClO4S/c1-13-5-11-16(12-6-13)24(22,23)17(18(20)21)4-2-3-14-7-9-15(19)10-8-14/h2-3,5-12,17H,4H2,1H3,(H,20,21)/b3-2+. The molecule has 2 aromatic carbocycles. The van der Waals surface area contributed by atoms with Gasteiger partial charge in [0.1, 0.15) is 0 Å². The minimum atomic E-state index is -3.95. The summed E-state index contributed by atoms with van der Waals surface area (Å²) in [5.41, 5.74) is 1.72. The summed E-state index contributed by atoms with van der Waals surface area (Å²) in [4.78, 5) is 11.5. The van der Waals surface area contributed by atoms with Gasteiger partial charge in [-0.05, 0) is 43.2 Å². The van der Waals surface area contributed by atoms with Crippen molar-refractivity contribution in [3.63, 3.8) is 0 Å². The molecule has 0 heterocycles. The van der Waals surface area contributed by atoms with E-state index in [-0.39, 0.29) is 11.3 Å². The lowest BCUT2D eigenvalue weighted by Gasteiger charge is -2.12. The quantitative estimate of drug-likeness (QED) is 0.841. The van der Waals surface area contributed by atoms with Crippen LogP contribution >= 0.6 is 11.6 Å². The fourth-order valence-corrected chi connectivity index (χ4v) is 3.75. The molecule has 1 atom stereocenters. The summed E-state index contributed by atoms with van der Waals surface area (Å²) in [6, 6.07) is 13.1. The van der Waals surface area contributed by atoms with Gasteiger partial charge in [-0.3, -0.25) is 4.79 Å². The van der Waals surface area contributed by atoms with E-state index in [1.165, 1.54) is 12.1 Å². The van der Waals surface area contributed by atoms with Crippen molar-refractivity contribution in [2.24, 2.45) is 0 Å². The van der Waals surface area contributed by atoms with Crippen LogP contribution in [0.2, 0.25) is 5.02 Å². The Hall–Kier alpha value is -2.11. The molecule has 6 heteroatoms.